The molecule has 0 unspecified atom stereocenters. The Morgan fingerprint density at radius 3 is 2.60 bits per heavy atom. The van der Waals surface area contributed by atoms with Crippen LogP contribution in [0.2, 0.25) is 0 Å². The summed E-state index contributed by atoms with van der Waals surface area (Å²) in [4.78, 5) is 4.16. The van der Waals surface area contributed by atoms with Crippen LogP contribution >= 0.6 is 0 Å². The Bertz CT molecular complexity index is 576. The fourth-order valence-electron chi connectivity index (χ4n) is 2.05. The van der Waals surface area contributed by atoms with Crippen molar-refractivity contribution in [1.29, 1.82) is 0 Å². The highest BCUT2D eigenvalue weighted by atomic mass is 16.5. The predicted molar refractivity (Wildman–Crippen MR) is 81.5 cm³/mol. The number of nitrogens with two attached hydrogens (primary N) is 1. The normalized spacial score (nSPS) is 11.2. The first kappa shape index (κ1) is 14.3. The molecule has 1 heterocycles. The first-order chi connectivity index (χ1) is 9.52. The minimum absolute atomic E-state index is 0.0421. The summed E-state index contributed by atoms with van der Waals surface area (Å²) in [6.07, 6.45) is 1.70. The molecule has 0 aliphatic carbocycles. The summed E-state index contributed by atoms with van der Waals surface area (Å²) >= 11 is 0. The van der Waals surface area contributed by atoms with E-state index >= 15 is 0 Å². The standard InChI is InChI=1S/C16H21N3O/c1-16(2,3)13-8-4-5-9-14(13)20-11-12-7-6-10-18-15(12)19-17/h4-10H,11,17H2,1-3H3,(H,18,19). The van der Waals surface area contributed by atoms with Crippen LogP contribution in [0.4, 0.5) is 5.82 Å². The van der Waals surface area contributed by atoms with Crippen molar-refractivity contribution in [2.24, 2.45) is 5.84 Å². The second kappa shape index (κ2) is 5.92. The first-order valence-corrected chi connectivity index (χ1v) is 6.65. The van der Waals surface area contributed by atoms with Crippen molar-refractivity contribution in [3.63, 3.8) is 0 Å². The molecule has 4 heteroatoms. The van der Waals surface area contributed by atoms with E-state index in [-0.39, 0.29) is 5.41 Å². The molecule has 0 atom stereocenters. The van der Waals surface area contributed by atoms with Crippen LogP contribution in [0.25, 0.3) is 0 Å². The topological polar surface area (TPSA) is 60.2 Å². The lowest BCUT2D eigenvalue weighted by Gasteiger charge is -2.22. The molecule has 20 heavy (non-hydrogen) atoms. The maximum absolute atomic E-state index is 5.96. The number of anilines is 1. The number of nitrogens with zero attached hydrogens (tertiary/aromatic N) is 1. The zero-order chi connectivity index (χ0) is 14.6. The fourth-order valence-corrected chi connectivity index (χ4v) is 2.05. The van der Waals surface area contributed by atoms with Gasteiger partial charge in [-0.05, 0) is 23.1 Å². The van der Waals surface area contributed by atoms with E-state index in [0.29, 0.717) is 12.4 Å². The highest BCUT2D eigenvalue weighted by Gasteiger charge is 2.18. The number of rotatable bonds is 4. The van der Waals surface area contributed by atoms with Crippen LogP contribution < -0.4 is 16.0 Å². The van der Waals surface area contributed by atoms with Crippen LogP contribution in [0.15, 0.2) is 42.6 Å². The third-order valence-electron chi connectivity index (χ3n) is 3.11. The second-order valence-electron chi connectivity index (χ2n) is 5.69. The molecule has 106 valence electrons. The first-order valence-electron chi connectivity index (χ1n) is 6.65. The lowest BCUT2D eigenvalue weighted by atomic mass is 9.86. The average Bonchev–Trinajstić information content (AvgIpc) is 2.44. The minimum atomic E-state index is 0.0421. The number of hydrazine groups is 1. The summed E-state index contributed by atoms with van der Waals surface area (Å²) in [6, 6.07) is 11.9. The number of pyridine rings is 1. The van der Waals surface area contributed by atoms with Gasteiger partial charge in [-0.3, -0.25) is 0 Å². The van der Waals surface area contributed by atoms with Crippen molar-refractivity contribution in [3.05, 3.63) is 53.7 Å². The van der Waals surface area contributed by atoms with E-state index in [2.05, 4.69) is 37.2 Å². The molecule has 3 N–H and O–H groups in total. The van der Waals surface area contributed by atoms with E-state index < -0.39 is 0 Å². The molecule has 0 aliphatic heterocycles. The van der Waals surface area contributed by atoms with E-state index in [4.69, 9.17) is 10.6 Å². The molecule has 2 aromatic rings. The highest BCUT2D eigenvalue weighted by molar-refractivity contribution is 5.43. The van der Waals surface area contributed by atoms with Crippen molar-refractivity contribution in [1.82, 2.24) is 4.98 Å². The van der Waals surface area contributed by atoms with E-state index in [1.807, 2.05) is 30.3 Å². The van der Waals surface area contributed by atoms with Gasteiger partial charge in [-0.2, -0.15) is 0 Å². The van der Waals surface area contributed by atoms with Gasteiger partial charge in [0.05, 0.1) is 0 Å². The van der Waals surface area contributed by atoms with Crippen LogP contribution in [0.5, 0.6) is 5.75 Å². The Hall–Kier alpha value is -2.07. The summed E-state index contributed by atoms with van der Waals surface area (Å²) in [7, 11) is 0. The number of hydrogen-bond donors (Lipinski definition) is 2. The van der Waals surface area contributed by atoms with Crippen LogP contribution in [0.1, 0.15) is 31.9 Å². The zero-order valence-corrected chi connectivity index (χ0v) is 12.2. The zero-order valence-electron chi connectivity index (χ0n) is 12.2. The van der Waals surface area contributed by atoms with Crippen LogP contribution in [-0.2, 0) is 12.0 Å². The van der Waals surface area contributed by atoms with Gasteiger partial charge in [-0.15, -0.1) is 0 Å². The fraction of sp³-hybridized carbons (Fsp3) is 0.312. The van der Waals surface area contributed by atoms with Crippen molar-refractivity contribution < 1.29 is 4.74 Å². The van der Waals surface area contributed by atoms with Gasteiger partial charge in [0.1, 0.15) is 18.2 Å². The average molecular weight is 271 g/mol. The molecule has 0 aliphatic rings. The molecule has 0 spiro atoms. The van der Waals surface area contributed by atoms with Gasteiger partial charge in [0, 0.05) is 11.8 Å². The molecule has 1 aromatic heterocycles. The van der Waals surface area contributed by atoms with Gasteiger partial charge < -0.3 is 10.2 Å². The van der Waals surface area contributed by atoms with Crippen molar-refractivity contribution in [2.75, 3.05) is 5.43 Å². The maximum atomic E-state index is 5.96. The number of ether oxygens (including phenoxy) is 1. The Morgan fingerprint density at radius 1 is 1.15 bits per heavy atom. The SMILES string of the molecule is CC(C)(C)c1ccccc1OCc1cccnc1NN. The lowest BCUT2D eigenvalue weighted by Crippen LogP contribution is -2.14. The Morgan fingerprint density at radius 2 is 1.90 bits per heavy atom. The van der Waals surface area contributed by atoms with Crippen LogP contribution in [-0.4, -0.2) is 4.98 Å². The highest BCUT2D eigenvalue weighted by Crippen LogP contribution is 2.31. The largest absolute Gasteiger partial charge is 0.488 e. The van der Waals surface area contributed by atoms with E-state index in [0.717, 1.165) is 11.3 Å². The molecule has 2 rings (SSSR count). The molecule has 0 saturated carbocycles. The second-order valence-corrected chi connectivity index (χ2v) is 5.69. The van der Waals surface area contributed by atoms with E-state index in [1.54, 1.807) is 6.20 Å². The van der Waals surface area contributed by atoms with Crippen molar-refractivity contribution in [3.8, 4) is 5.75 Å². The van der Waals surface area contributed by atoms with Crippen molar-refractivity contribution in [2.45, 2.75) is 32.8 Å². The number of aromatic nitrogens is 1. The van der Waals surface area contributed by atoms with Gasteiger partial charge in [0.2, 0.25) is 0 Å². The molecule has 0 amide bonds. The summed E-state index contributed by atoms with van der Waals surface area (Å²) < 4.78 is 5.96. The lowest BCUT2D eigenvalue weighted by molar-refractivity contribution is 0.298. The minimum Gasteiger partial charge on any atom is -0.488 e. The molecule has 0 saturated heterocycles. The van der Waals surface area contributed by atoms with Gasteiger partial charge in [0.15, 0.2) is 0 Å². The molecule has 1 aromatic carbocycles. The van der Waals surface area contributed by atoms with Gasteiger partial charge in [-0.1, -0.05) is 45.0 Å². The summed E-state index contributed by atoms with van der Waals surface area (Å²) in [6.45, 7) is 6.95. The van der Waals surface area contributed by atoms with Gasteiger partial charge in [-0.25, -0.2) is 10.8 Å². The number of hydrogen-bond acceptors (Lipinski definition) is 4. The molecule has 0 fully saturated rings. The monoisotopic (exact) mass is 271 g/mol. The third-order valence-corrected chi connectivity index (χ3v) is 3.11. The van der Waals surface area contributed by atoms with E-state index in [1.165, 1.54) is 5.56 Å². The molecule has 0 bridgehead atoms. The number of nitrogen functional groups attached to an aromatic ring is 1. The summed E-state index contributed by atoms with van der Waals surface area (Å²) in [5, 5.41) is 0. The van der Waals surface area contributed by atoms with Crippen molar-refractivity contribution >= 4 is 5.82 Å². The molecule has 4 nitrogen and oxygen atoms in total. The maximum Gasteiger partial charge on any atom is 0.146 e. The quantitative estimate of drug-likeness (QED) is 0.662. The Kier molecular flexibility index (Phi) is 4.25. The Balaban J connectivity index is 2.20. The summed E-state index contributed by atoms with van der Waals surface area (Å²) in [5.41, 5.74) is 4.74. The molecular weight excluding hydrogens is 250 g/mol. The van der Waals surface area contributed by atoms with Gasteiger partial charge in [0.25, 0.3) is 0 Å². The number of para-hydroxylation sites is 1. The Labute approximate surface area is 120 Å². The number of nitrogens with one attached hydrogen (secondary N) is 1. The molecule has 0 radical (unpaired) electrons. The van der Waals surface area contributed by atoms with Gasteiger partial charge >= 0.3 is 0 Å². The number of benzene rings is 1. The van der Waals surface area contributed by atoms with E-state index in [9.17, 15) is 0 Å². The molecular formula is C16H21N3O. The predicted octanol–water partition coefficient (Wildman–Crippen LogP) is 3.24. The third kappa shape index (κ3) is 3.27. The smallest absolute Gasteiger partial charge is 0.146 e. The summed E-state index contributed by atoms with van der Waals surface area (Å²) in [5.74, 6) is 6.99. The van der Waals surface area contributed by atoms with Crippen LogP contribution in [0.3, 0.4) is 0 Å². The van der Waals surface area contributed by atoms with Crippen LogP contribution in [0, 0.1) is 0 Å².